The zero-order valence-corrected chi connectivity index (χ0v) is 13.7. The number of halogens is 1. The molecule has 1 saturated carbocycles. The Morgan fingerprint density at radius 1 is 1.37 bits per heavy atom. The van der Waals surface area contributed by atoms with Crippen LogP contribution in [0.25, 0.3) is 0 Å². The van der Waals surface area contributed by atoms with Gasteiger partial charge < -0.3 is 5.11 Å². The molecule has 3 unspecified atom stereocenters. The molecule has 0 bridgehead atoms. The molecule has 0 heterocycles. The molecule has 0 spiro atoms. The summed E-state index contributed by atoms with van der Waals surface area (Å²) in [7, 11) is 2.19. The summed E-state index contributed by atoms with van der Waals surface area (Å²) < 4.78 is 1.03. The predicted octanol–water partition coefficient (Wildman–Crippen LogP) is 4.73. The van der Waals surface area contributed by atoms with E-state index in [9.17, 15) is 5.11 Å². The molecule has 0 saturated heterocycles. The van der Waals surface area contributed by atoms with Crippen LogP contribution in [0.1, 0.15) is 51.1 Å². The predicted molar refractivity (Wildman–Crippen MR) is 83.4 cm³/mol. The quantitative estimate of drug-likeness (QED) is 0.868. The van der Waals surface area contributed by atoms with Crippen molar-refractivity contribution in [3.8, 4) is 5.75 Å². The Morgan fingerprint density at radius 2 is 2.11 bits per heavy atom. The average molecular weight is 326 g/mol. The van der Waals surface area contributed by atoms with E-state index in [1.165, 1.54) is 25.7 Å². The first-order chi connectivity index (χ1) is 8.99. The Bertz CT molecular complexity index is 435. The van der Waals surface area contributed by atoms with Gasteiger partial charge in [0.05, 0.1) is 0 Å². The molecule has 3 atom stereocenters. The largest absolute Gasteiger partial charge is 0.508 e. The molecule has 0 aromatic heterocycles. The maximum Gasteiger partial charge on any atom is 0.120 e. The van der Waals surface area contributed by atoms with Gasteiger partial charge in [0.15, 0.2) is 0 Å². The highest BCUT2D eigenvalue weighted by Crippen LogP contribution is 2.35. The highest BCUT2D eigenvalue weighted by molar-refractivity contribution is 9.10. The van der Waals surface area contributed by atoms with Crippen molar-refractivity contribution >= 4 is 15.9 Å². The lowest BCUT2D eigenvalue weighted by atomic mass is 9.85. The van der Waals surface area contributed by atoms with Gasteiger partial charge in [0.2, 0.25) is 0 Å². The molecule has 2 rings (SSSR count). The van der Waals surface area contributed by atoms with Crippen LogP contribution in [-0.2, 0) is 0 Å². The van der Waals surface area contributed by atoms with Gasteiger partial charge in [0, 0.05) is 22.1 Å². The molecule has 106 valence electrons. The van der Waals surface area contributed by atoms with Crippen LogP contribution in [0.2, 0.25) is 0 Å². The number of rotatable bonds is 3. The Hall–Kier alpha value is -0.540. The number of phenols is 1. The Balaban J connectivity index is 2.13. The van der Waals surface area contributed by atoms with Crippen molar-refractivity contribution in [2.45, 2.75) is 51.6 Å². The number of nitrogens with zero attached hydrogens (tertiary/aromatic N) is 1. The van der Waals surface area contributed by atoms with E-state index in [1.54, 1.807) is 6.07 Å². The van der Waals surface area contributed by atoms with Crippen molar-refractivity contribution in [1.82, 2.24) is 4.90 Å². The molecular formula is C16H24BrNO. The van der Waals surface area contributed by atoms with Crippen molar-refractivity contribution in [1.29, 1.82) is 0 Å². The first-order valence-electron chi connectivity index (χ1n) is 7.19. The van der Waals surface area contributed by atoms with E-state index in [2.05, 4.69) is 41.7 Å². The summed E-state index contributed by atoms with van der Waals surface area (Å²) in [4.78, 5) is 2.43. The zero-order chi connectivity index (χ0) is 14.0. The second-order valence-electron chi connectivity index (χ2n) is 5.97. The lowest BCUT2D eigenvalue weighted by Crippen LogP contribution is -2.37. The van der Waals surface area contributed by atoms with E-state index in [0.29, 0.717) is 11.8 Å². The summed E-state index contributed by atoms with van der Waals surface area (Å²) >= 11 is 3.49. The SMILES string of the molecule is CC1CCCC(N(C)C(C)c2cc(Br)ccc2O)C1. The monoisotopic (exact) mass is 325 g/mol. The molecule has 2 nitrogen and oxygen atoms in total. The van der Waals surface area contributed by atoms with Crippen LogP contribution in [0.5, 0.6) is 5.75 Å². The second kappa shape index (κ2) is 6.27. The number of benzene rings is 1. The van der Waals surface area contributed by atoms with E-state index < -0.39 is 0 Å². The molecular weight excluding hydrogens is 302 g/mol. The van der Waals surface area contributed by atoms with Crippen molar-refractivity contribution < 1.29 is 5.11 Å². The standard InChI is InChI=1S/C16H24BrNO/c1-11-5-4-6-14(9-11)18(3)12(2)15-10-13(17)7-8-16(15)19/h7-8,10-12,14,19H,4-6,9H2,1-3H3. The number of phenolic OH excluding ortho intramolecular Hbond substituents is 1. The highest BCUT2D eigenvalue weighted by atomic mass is 79.9. The molecule has 1 N–H and O–H groups in total. The minimum atomic E-state index is 0.243. The second-order valence-corrected chi connectivity index (χ2v) is 6.89. The van der Waals surface area contributed by atoms with E-state index in [4.69, 9.17) is 0 Å². The van der Waals surface area contributed by atoms with Gasteiger partial charge in [-0.05, 0) is 50.9 Å². The zero-order valence-electron chi connectivity index (χ0n) is 12.1. The fourth-order valence-corrected chi connectivity index (χ4v) is 3.55. The Kier molecular flexibility index (Phi) is 4.91. The third kappa shape index (κ3) is 3.51. The van der Waals surface area contributed by atoms with Crippen molar-refractivity contribution in [2.24, 2.45) is 5.92 Å². The summed E-state index contributed by atoms with van der Waals surface area (Å²) in [5.41, 5.74) is 1.01. The van der Waals surface area contributed by atoms with Crippen molar-refractivity contribution in [2.75, 3.05) is 7.05 Å². The van der Waals surface area contributed by atoms with Gasteiger partial charge in [-0.3, -0.25) is 4.90 Å². The smallest absolute Gasteiger partial charge is 0.120 e. The maximum absolute atomic E-state index is 10.1. The maximum atomic E-state index is 10.1. The molecule has 0 aliphatic heterocycles. The van der Waals surface area contributed by atoms with Crippen molar-refractivity contribution in [3.63, 3.8) is 0 Å². The molecule has 0 radical (unpaired) electrons. The van der Waals surface area contributed by atoms with Gasteiger partial charge in [0.25, 0.3) is 0 Å². The minimum Gasteiger partial charge on any atom is -0.508 e. The van der Waals surface area contributed by atoms with Crippen LogP contribution in [0, 0.1) is 5.92 Å². The molecule has 19 heavy (non-hydrogen) atoms. The fraction of sp³-hybridized carbons (Fsp3) is 0.625. The summed E-state index contributed by atoms with van der Waals surface area (Å²) in [6, 6.07) is 6.56. The average Bonchev–Trinajstić information content (AvgIpc) is 2.40. The number of hydrogen-bond acceptors (Lipinski definition) is 2. The summed E-state index contributed by atoms with van der Waals surface area (Å²) in [6.45, 7) is 4.53. The molecule has 1 aliphatic rings. The van der Waals surface area contributed by atoms with Crippen LogP contribution >= 0.6 is 15.9 Å². The van der Waals surface area contributed by atoms with Gasteiger partial charge in [-0.2, -0.15) is 0 Å². The summed E-state index contributed by atoms with van der Waals surface area (Å²) in [5.74, 6) is 1.22. The molecule has 1 aromatic rings. The highest BCUT2D eigenvalue weighted by Gasteiger charge is 2.26. The van der Waals surface area contributed by atoms with E-state index in [-0.39, 0.29) is 6.04 Å². The minimum absolute atomic E-state index is 0.243. The van der Waals surface area contributed by atoms with Crippen LogP contribution in [0.4, 0.5) is 0 Å². The van der Waals surface area contributed by atoms with Crippen LogP contribution in [0.15, 0.2) is 22.7 Å². The van der Waals surface area contributed by atoms with Crippen molar-refractivity contribution in [3.05, 3.63) is 28.2 Å². The lowest BCUT2D eigenvalue weighted by Gasteiger charge is -2.38. The van der Waals surface area contributed by atoms with Gasteiger partial charge in [-0.25, -0.2) is 0 Å². The third-order valence-corrected chi connectivity index (χ3v) is 5.03. The molecule has 1 fully saturated rings. The van der Waals surface area contributed by atoms with Crippen LogP contribution in [0.3, 0.4) is 0 Å². The van der Waals surface area contributed by atoms with E-state index >= 15 is 0 Å². The Labute approximate surface area is 124 Å². The van der Waals surface area contributed by atoms with Gasteiger partial charge in [0.1, 0.15) is 5.75 Å². The molecule has 0 amide bonds. The third-order valence-electron chi connectivity index (χ3n) is 4.54. The molecule has 3 heteroatoms. The Morgan fingerprint density at radius 3 is 2.79 bits per heavy atom. The van der Waals surface area contributed by atoms with Crippen LogP contribution < -0.4 is 0 Å². The molecule has 1 aromatic carbocycles. The van der Waals surface area contributed by atoms with Gasteiger partial charge >= 0.3 is 0 Å². The number of hydrogen-bond donors (Lipinski definition) is 1. The van der Waals surface area contributed by atoms with Crippen LogP contribution in [-0.4, -0.2) is 23.1 Å². The van der Waals surface area contributed by atoms with E-state index in [0.717, 1.165) is 16.0 Å². The lowest BCUT2D eigenvalue weighted by molar-refractivity contribution is 0.124. The fourth-order valence-electron chi connectivity index (χ4n) is 3.17. The van der Waals surface area contributed by atoms with Gasteiger partial charge in [-0.15, -0.1) is 0 Å². The first-order valence-corrected chi connectivity index (χ1v) is 7.98. The number of aromatic hydroxyl groups is 1. The normalized spacial score (nSPS) is 25.5. The topological polar surface area (TPSA) is 23.5 Å². The summed E-state index contributed by atoms with van der Waals surface area (Å²) in [6.07, 6.45) is 5.24. The first kappa shape index (κ1) is 14.9. The molecule has 1 aliphatic carbocycles. The van der Waals surface area contributed by atoms with E-state index in [1.807, 2.05) is 12.1 Å². The summed E-state index contributed by atoms with van der Waals surface area (Å²) in [5, 5.41) is 10.1. The van der Waals surface area contributed by atoms with Gasteiger partial charge in [-0.1, -0.05) is 35.7 Å².